The second-order valence-corrected chi connectivity index (χ2v) is 6.04. The molecule has 0 radical (unpaired) electrons. The minimum atomic E-state index is -0.921. The largest absolute Gasteiger partial charge is 0.340 e. The Kier molecular flexibility index (Phi) is 3.60. The predicted molar refractivity (Wildman–Crippen MR) is 80.1 cm³/mol. The van der Waals surface area contributed by atoms with Gasteiger partial charge in [0.2, 0.25) is 5.91 Å². The summed E-state index contributed by atoms with van der Waals surface area (Å²) in [6.45, 7) is 2.79. The number of nitrogens with zero attached hydrogens (tertiary/aromatic N) is 1. The van der Waals surface area contributed by atoms with Gasteiger partial charge >= 0.3 is 6.03 Å². The van der Waals surface area contributed by atoms with Crippen molar-refractivity contribution < 1.29 is 14.4 Å². The lowest BCUT2D eigenvalue weighted by molar-refractivity contribution is -0.130. The molecule has 2 saturated heterocycles. The van der Waals surface area contributed by atoms with E-state index < -0.39 is 11.6 Å². The summed E-state index contributed by atoms with van der Waals surface area (Å²) in [4.78, 5) is 37.1. The Bertz CT molecular complexity index is 643. The van der Waals surface area contributed by atoms with E-state index in [0.29, 0.717) is 25.8 Å². The summed E-state index contributed by atoms with van der Waals surface area (Å²) in [6, 6.07) is 7.62. The number of likely N-dealkylation sites (tertiary alicyclic amines) is 1. The van der Waals surface area contributed by atoms with Crippen molar-refractivity contribution in [3.8, 4) is 0 Å². The zero-order valence-corrected chi connectivity index (χ0v) is 12.5. The first-order valence-corrected chi connectivity index (χ1v) is 7.45. The van der Waals surface area contributed by atoms with Crippen LogP contribution in [0.4, 0.5) is 4.79 Å². The summed E-state index contributed by atoms with van der Waals surface area (Å²) in [6.07, 6.45) is 1.57. The van der Waals surface area contributed by atoms with Crippen LogP contribution in [0.1, 0.15) is 24.0 Å². The zero-order valence-electron chi connectivity index (χ0n) is 12.5. The van der Waals surface area contributed by atoms with Gasteiger partial charge in [0.1, 0.15) is 5.54 Å². The Morgan fingerprint density at radius 3 is 2.86 bits per heavy atom. The molecule has 2 heterocycles. The van der Waals surface area contributed by atoms with Crippen LogP contribution in [-0.2, 0) is 16.0 Å². The lowest BCUT2D eigenvalue weighted by Crippen LogP contribution is -2.49. The molecule has 6 heteroatoms. The number of benzene rings is 1. The van der Waals surface area contributed by atoms with Crippen LogP contribution in [0.3, 0.4) is 0 Å². The van der Waals surface area contributed by atoms with Gasteiger partial charge in [0.05, 0.1) is 6.54 Å². The molecular formula is C16H19N3O3. The van der Waals surface area contributed by atoms with E-state index in [9.17, 15) is 14.4 Å². The normalized spacial score (nSPS) is 23.8. The summed E-state index contributed by atoms with van der Waals surface area (Å²) < 4.78 is 0. The van der Waals surface area contributed by atoms with Crippen LogP contribution < -0.4 is 10.6 Å². The van der Waals surface area contributed by atoms with Crippen LogP contribution in [0.2, 0.25) is 0 Å². The lowest BCUT2D eigenvalue weighted by Gasteiger charge is -2.21. The van der Waals surface area contributed by atoms with Gasteiger partial charge in [-0.15, -0.1) is 0 Å². The molecule has 3 rings (SSSR count). The van der Waals surface area contributed by atoms with E-state index in [1.807, 2.05) is 25.1 Å². The van der Waals surface area contributed by atoms with Crippen LogP contribution >= 0.6 is 0 Å². The topological polar surface area (TPSA) is 78.5 Å². The SMILES string of the molecule is Cc1cccc(CCC(=O)N2CC[C@]3(C2)NC(=O)NC3=O)c1. The van der Waals surface area contributed by atoms with E-state index in [2.05, 4.69) is 16.7 Å². The third kappa shape index (κ3) is 2.68. The minimum absolute atomic E-state index is 0.0207. The molecule has 6 nitrogen and oxygen atoms in total. The van der Waals surface area contributed by atoms with E-state index >= 15 is 0 Å². The maximum absolute atomic E-state index is 12.3. The molecule has 1 atom stereocenters. The number of urea groups is 1. The Labute approximate surface area is 128 Å². The van der Waals surface area contributed by atoms with Crippen molar-refractivity contribution in [2.24, 2.45) is 0 Å². The number of carbonyl (C=O) groups is 3. The molecule has 4 amide bonds. The molecule has 0 aromatic heterocycles. The van der Waals surface area contributed by atoms with Gasteiger partial charge in [0.15, 0.2) is 0 Å². The first kappa shape index (κ1) is 14.6. The highest BCUT2D eigenvalue weighted by molar-refractivity contribution is 6.07. The molecule has 2 N–H and O–H groups in total. The summed E-state index contributed by atoms with van der Waals surface area (Å²) in [7, 11) is 0. The van der Waals surface area contributed by atoms with E-state index in [-0.39, 0.29) is 18.4 Å². The van der Waals surface area contributed by atoms with Gasteiger partial charge < -0.3 is 10.2 Å². The van der Waals surface area contributed by atoms with Crippen LogP contribution in [-0.4, -0.2) is 41.4 Å². The Morgan fingerprint density at radius 1 is 1.36 bits per heavy atom. The maximum atomic E-state index is 12.3. The quantitative estimate of drug-likeness (QED) is 0.808. The van der Waals surface area contributed by atoms with Crippen LogP contribution in [0.5, 0.6) is 0 Å². The highest BCUT2D eigenvalue weighted by Crippen LogP contribution is 2.25. The van der Waals surface area contributed by atoms with Gasteiger partial charge in [-0.2, -0.15) is 0 Å². The van der Waals surface area contributed by atoms with Gasteiger partial charge in [0, 0.05) is 13.0 Å². The lowest BCUT2D eigenvalue weighted by atomic mass is 9.99. The molecule has 1 aromatic carbocycles. The van der Waals surface area contributed by atoms with Gasteiger partial charge in [-0.1, -0.05) is 29.8 Å². The van der Waals surface area contributed by atoms with E-state index in [4.69, 9.17) is 0 Å². The highest BCUT2D eigenvalue weighted by Gasteiger charge is 2.51. The monoisotopic (exact) mass is 301 g/mol. The molecule has 116 valence electrons. The molecule has 0 aliphatic carbocycles. The van der Waals surface area contributed by atoms with E-state index in [1.165, 1.54) is 5.56 Å². The number of hydrogen-bond acceptors (Lipinski definition) is 3. The van der Waals surface area contributed by atoms with Gasteiger partial charge in [0.25, 0.3) is 5.91 Å². The number of nitrogens with one attached hydrogen (secondary N) is 2. The fraction of sp³-hybridized carbons (Fsp3) is 0.438. The van der Waals surface area contributed by atoms with Crippen molar-refractivity contribution in [2.45, 2.75) is 31.7 Å². The molecule has 0 bridgehead atoms. The molecule has 0 saturated carbocycles. The number of aryl methyl sites for hydroxylation is 2. The zero-order chi connectivity index (χ0) is 15.7. The molecule has 2 aliphatic heterocycles. The van der Waals surface area contributed by atoms with Crippen LogP contribution in [0.15, 0.2) is 24.3 Å². The molecule has 2 fully saturated rings. The van der Waals surface area contributed by atoms with Gasteiger partial charge in [-0.3, -0.25) is 14.9 Å². The summed E-state index contributed by atoms with van der Waals surface area (Å²) in [5, 5.41) is 4.90. The maximum Gasteiger partial charge on any atom is 0.322 e. The molecule has 1 aromatic rings. The number of hydrogen-bond donors (Lipinski definition) is 2. The van der Waals surface area contributed by atoms with Crippen molar-refractivity contribution in [3.05, 3.63) is 35.4 Å². The molecule has 2 aliphatic rings. The summed E-state index contributed by atoms with van der Waals surface area (Å²) in [5.74, 6) is -0.307. The second kappa shape index (κ2) is 5.44. The standard InChI is InChI=1S/C16H19N3O3/c1-11-3-2-4-12(9-11)5-6-13(20)19-8-7-16(10-19)14(21)17-15(22)18-16/h2-4,9H,5-8,10H2,1H3,(H2,17,18,21,22)/t16-/m1/s1. The third-order valence-electron chi connectivity index (χ3n) is 4.35. The minimum Gasteiger partial charge on any atom is -0.340 e. The van der Waals surface area contributed by atoms with Crippen molar-refractivity contribution in [1.29, 1.82) is 0 Å². The molecule has 1 spiro atoms. The first-order chi connectivity index (χ1) is 10.5. The van der Waals surface area contributed by atoms with Crippen LogP contribution in [0.25, 0.3) is 0 Å². The number of amides is 4. The van der Waals surface area contributed by atoms with Crippen molar-refractivity contribution in [2.75, 3.05) is 13.1 Å². The van der Waals surface area contributed by atoms with Crippen molar-refractivity contribution in [1.82, 2.24) is 15.5 Å². The molecular weight excluding hydrogens is 282 g/mol. The smallest absolute Gasteiger partial charge is 0.322 e. The van der Waals surface area contributed by atoms with E-state index in [1.54, 1.807) is 4.90 Å². The molecule has 0 unspecified atom stereocenters. The van der Waals surface area contributed by atoms with Gasteiger partial charge in [-0.05, 0) is 25.3 Å². The number of rotatable bonds is 3. The average molecular weight is 301 g/mol. The predicted octanol–water partition coefficient (Wildman–Crippen LogP) is 0.738. The number of imide groups is 1. The van der Waals surface area contributed by atoms with Crippen molar-refractivity contribution >= 4 is 17.8 Å². The summed E-state index contributed by atoms with van der Waals surface area (Å²) in [5.41, 5.74) is 1.39. The van der Waals surface area contributed by atoms with E-state index in [0.717, 1.165) is 5.56 Å². The summed E-state index contributed by atoms with van der Waals surface area (Å²) >= 11 is 0. The molecule has 22 heavy (non-hydrogen) atoms. The fourth-order valence-electron chi connectivity index (χ4n) is 3.12. The third-order valence-corrected chi connectivity index (χ3v) is 4.35. The average Bonchev–Trinajstić information content (AvgIpc) is 3.01. The van der Waals surface area contributed by atoms with Gasteiger partial charge in [-0.25, -0.2) is 4.79 Å². The first-order valence-electron chi connectivity index (χ1n) is 7.45. The highest BCUT2D eigenvalue weighted by atomic mass is 16.2. The Balaban J connectivity index is 1.58. The van der Waals surface area contributed by atoms with Crippen LogP contribution in [0, 0.1) is 6.92 Å². The fourth-order valence-corrected chi connectivity index (χ4v) is 3.12. The van der Waals surface area contributed by atoms with Crippen molar-refractivity contribution in [3.63, 3.8) is 0 Å². The Hall–Kier alpha value is -2.37. The Morgan fingerprint density at radius 2 is 2.18 bits per heavy atom. The second-order valence-electron chi connectivity index (χ2n) is 6.04. The number of carbonyl (C=O) groups excluding carboxylic acids is 3.